The second-order valence-electron chi connectivity index (χ2n) is 7.33. The first-order chi connectivity index (χ1) is 13.5. The van der Waals surface area contributed by atoms with Gasteiger partial charge in [-0.05, 0) is 37.0 Å². The third kappa shape index (κ3) is 4.80. The lowest BCUT2D eigenvalue weighted by Gasteiger charge is -2.23. The van der Waals surface area contributed by atoms with Crippen LogP contribution in [0.2, 0.25) is 0 Å². The van der Waals surface area contributed by atoms with E-state index in [1.165, 1.54) is 11.1 Å². The Bertz CT molecular complexity index is 899. The molecule has 0 saturated heterocycles. The number of rotatable bonds is 7. The van der Waals surface area contributed by atoms with Crippen molar-refractivity contribution in [3.05, 3.63) is 66.6 Å². The van der Waals surface area contributed by atoms with E-state index in [0.717, 1.165) is 24.1 Å². The minimum Gasteiger partial charge on any atom is -0.450 e. The number of hydrogen-bond acceptors (Lipinski definition) is 3. The Hall–Kier alpha value is -3.08. The maximum Gasteiger partial charge on any atom is 0.407 e. The highest BCUT2D eigenvalue weighted by atomic mass is 16.5. The molecular weight excluding hydrogens is 350 g/mol. The lowest BCUT2D eigenvalue weighted by atomic mass is 10.0. The van der Waals surface area contributed by atoms with Gasteiger partial charge in [0.1, 0.15) is 5.82 Å². The molecule has 2 N–H and O–H groups in total. The molecule has 28 heavy (non-hydrogen) atoms. The number of aromatic nitrogens is 2. The largest absolute Gasteiger partial charge is 0.450 e. The summed E-state index contributed by atoms with van der Waals surface area (Å²) in [6.07, 6.45) is 3.21. The predicted octanol–water partition coefficient (Wildman–Crippen LogP) is 5.51. The van der Waals surface area contributed by atoms with Crippen LogP contribution in [0.4, 0.5) is 4.79 Å². The zero-order valence-electron chi connectivity index (χ0n) is 16.7. The van der Waals surface area contributed by atoms with Gasteiger partial charge in [-0.1, -0.05) is 67.9 Å². The summed E-state index contributed by atoms with van der Waals surface area (Å²) in [6, 6.07) is 18.6. The first-order valence-electron chi connectivity index (χ1n) is 9.66. The molecule has 1 amide bonds. The number of amides is 1. The molecule has 3 rings (SSSR count). The number of ether oxygens (including phenoxy) is 1. The molecule has 0 aliphatic carbocycles. The molecule has 0 atom stereocenters. The van der Waals surface area contributed by atoms with Gasteiger partial charge < -0.3 is 15.0 Å². The molecule has 0 unspecified atom stereocenters. The number of carbonyl (C=O) groups is 1. The fourth-order valence-corrected chi connectivity index (χ4v) is 2.92. The molecule has 5 nitrogen and oxygen atoms in total. The van der Waals surface area contributed by atoms with Crippen molar-refractivity contribution in [1.82, 2.24) is 15.3 Å². The molecule has 3 aromatic rings. The van der Waals surface area contributed by atoms with Crippen LogP contribution in [0.3, 0.4) is 0 Å². The molecule has 0 saturated carbocycles. The monoisotopic (exact) mass is 377 g/mol. The van der Waals surface area contributed by atoms with Gasteiger partial charge in [0, 0.05) is 0 Å². The van der Waals surface area contributed by atoms with E-state index in [1.807, 2.05) is 32.0 Å². The van der Waals surface area contributed by atoms with Gasteiger partial charge >= 0.3 is 6.09 Å². The minimum atomic E-state index is -0.661. The van der Waals surface area contributed by atoms with Crippen molar-refractivity contribution in [1.29, 1.82) is 0 Å². The summed E-state index contributed by atoms with van der Waals surface area (Å²) < 4.78 is 5.19. The summed E-state index contributed by atoms with van der Waals surface area (Å²) in [5.41, 5.74) is 3.64. The van der Waals surface area contributed by atoms with Crippen LogP contribution in [0, 0.1) is 0 Å². The van der Waals surface area contributed by atoms with Crippen LogP contribution in [0.25, 0.3) is 22.4 Å². The van der Waals surface area contributed by atoms with Crippen LogP contribution in [0.15, 0.2) is 60.8 Å². The van der Waals surface area contributed by atoms with E-state index >= 15 is 0 Å². The Kier molecular flexibility index (Phi) is 6.14. The molecular formula is C23H27N3O2. The van der Waals surface area contributed by atoms with Gasteiger partial charge in [-0.25, -0.2) is 9.78 Å². The van der Waals surface area contributed by atoms with Crippen molar-refractivity contribution in [2.75, 3.05) is 6.61 Å². The average molecular weight is 377 g/mol. The van der Waals surface area contributed by atoms with Crippen LogP contribution in [0.1, 0.15) is 39.4 Å². The SMILES string of the molecule is CCCCOC(=O)NC(C)(C)c1ncc(-c2ccc(-c3ccccc3)cc2)[nH]1. The van der Waals surface area contributed by atoms with E-state index in [0.29, 0.717) is 12.4 Å². The van der Waals surface area contributed by atoms with Crippen LogP contribution < -0.4 is 5.32 Å². The van der Waals surface area contributed by atoms with Gasteiger partial charge in [0.2, 0.25) is 0 Å². The molecule has 146 valence electrons. The van der Waals surface area contributed by atoms with E-state index in [2.05, 4.69) is 58.6 Å². The number of hydrogen-bond donors (Lipinski definition) is 2. The molecule has 0 bridgehead atoms. The summed E-state index contributed by atoms with van der Waals surface area (Å²) in [7, 11) is 0. The highest BCUT2D eigenvalue weighted by molar-refractivity contribution is 5.69. The van der Waals surface area contributed by atoms with Crippen molar-refractivity contribution in [3.63, 3.8) is 0 Å². The number of unbranched alkanes of at least 4 members (excludes halogenated alkanes) is 1. The molecule has 0 fully saturated rings. The van der Waals surface area contributed by atoms with Crippen molar-refractivity contribution in [2.45, 2.75) is 39.2 Å². The zero-order chi connectivity index (χ0) is 20.0. The van der Waals surface area contributed by atoms with E-state index in [1.54, 1.807) is 6.20 Å². The van der Waals surface area contributed by atoms with E-state index < -0.39 is 11.6 Å². The van der Waals surface area contributed by atoms with Gasteiger partial charge in [0.15, 0.2) is 0 Å². The number of benzene rings is 2. The predicted molar refractivity (Wildman–Crippen MR) is 112 cm³/mol. The van der Waals surface area contributed by atoms with E-state index in [9.17, 15) is 4.79 Å². The Balaban J connectivity index is 1.70. The van der Waals surface area contributed by atoms with Crippen molar-refractivity contribution >= 4 is 6.09 Å². The Labute approximate surface area is 166 Å². The quantitative estimate of drug-likeness (QED) is 0.534. The van der Waals surface area contributed by atoms with E-state index in [4.69, 9.17) is 4.74 Å². The molecule has 0 radical (unpaired) electrons. The normalized spacial score (nSPS) is 11.2. The minimum absolute atomic E-state index is 0.426. The van der Waals surface area contributed by atoms with Gasteiger partial charge in [0.05, 0.1) is 24.0 Å². The van der Waals surface area contributed by atoms with Crippen LogP contribution >= 0.6 is 0 Å². The van der Waals surface area contributed by atoms with E-state index in [-0.39, 0.29) is 0 Å². The first-order valence-corrected chi connectivity index (χ1v) is 9.66. The van der Waals surface area contributed by atoms with Gasteiger partial charge in [-0.2, -0.15) is 0 Å². The number of nitrogens with one attached hydrogen (secondary N) is 2. The molecule has 0 aliphatic heterocycles. The van der Waals surface area contributed by atoms with Crippen LogP contribution in [-0.2, 0) is 10.3 Å². The molecule has 0 aliphatic rings. The maximum atomic E-state index is 12.0. The molecule has 2 aromatic carbocycles. The van der Waals surface area contributed by atoms with Crippen molar-refractivity contribution in [3.8, 4) is 22.4 Å². The average Bonchev–Trinajstić information content (AvgIpc) is 3.20. The molecule has 5 heteroatoms. The van der Waals surface area contributed by atoms with Crippen molar-refractivity contribution in [2.24, 2.45) is 0 Å². The maximum absolute atomic E-state index is 12.0. The number of H-pyrrole nitrogens is 1. The lowest BCUT2D eigenvalue weighted by Crippen LogP contribution is -2.42. The fourth-order valence-electron chi connectivity index (χ4n) is 2.92. The number of carbonyl (C=O) groups excluding carboxylic acids is 1. The third-order valence-electron chi connectivity index (χ3n) is 4.62. The summed E-state index contributed by atoms with van der Waals surface area (Å²) in [4.78, 5) is 19.8. The standard InChI is InChI=1S/C23H27N3O2/c1-4-5-15-28-22(27)26-23(2,3)21-24-16-20(25-21)19-13-11-18(12-14-19)17-9-7-6-8-10-17/h6-14,16H,4-5,15H2,1-3H3,(H,24,25)(H,26,27). The summed E-state index contributed by atoms with van der Waals surface area (Å²) >= 11 is 0. The van der Waals surface area contributed by atoms with Crippen LogP contribution in [0.5, 0.6) is 0 Å². The summed E-state index contributed by atoms with van der Waals surface area (Å²) in [5.74, 6) is 0.682. The smallest absolute Gasteiger partial charge is 0.407 e. The highest BCUT2D eigenvalue weighted by Gasteiger charge is 2.27. The van der Waals surface area contributed by atoms with Gasteiger partial charge in [0.25, 0.3) is 0 Å². The lowest BCUT2D eigenvalue weighted by molar-refractivity contribution is 0.133. The fraction of sp³-hybridized carbons (Fsp3) is 0.304. The number of nitrogens with zero attached hydrogens (tertiary/aromatic N) is 1. The Morgan fingerprint density at radius 2 is 1.68 bits per heavy atom. The van der Waals surface area contributed by atoms with Crippen molar-refractivity contribution < 1.29 is 9.53 Å². The zero-order valence-corrected chi connectivity index (χ0v) is 16.7. The number of imidazole rings is 1. The van der Waals surface area contributed by atoms with Crippen LogP contribution in [-0.4, -0.2) is 22.7 Å². The Morgan fingerprint density at radius 1 is 1.04 bits per heavy atom. The third-order valence-corrected chi connectivity index (χ3v) is 4.62. The summed E-state index contributed by atoms with van der Waals surface area (Å²) in [5, 5.41) is 2.87. The second kappa shape index (κ2) is 8.74. The highest BCUT2D eigenvalue weighted by Crippen LogP contribution is 2.26. The van der Waals surface area contributed by atoms with Gasteiger partial charge in [-0.3, -0.25) is 0 Å². The topological polar surface area (TPSA) is 67.0 Å². The molecule has 1 heterocycles. The second-order valence-corrected chi connectivity index (χ2v) is 7.33. The Morgan fingerprint density at radius 3 is 2.36 bits per heavy atom. The first kappa shape index (κ1) is 19.7. The number of aromatic amines is 1. The summed E-state index contributed by atoms with van der Waals surface area (Å²) in [6.45, 7) is 6.28. The number of alkyl carbamates (subject to hydrolysis) is 1. The molecule has 0 spiro atoms. The van der Waals surface area contributed by atoms with Gasteiger partial charge in [-0.15, -0.1) is 0 Å². The molecule has 1 aromatic heterocycles.